The molecule has 0 aromatic carbocycles. The van der Waals surface area contributed by atoms with Gasteiger partial charge in [0.2, 0.25) is 0 Å². The summed E-state index contributed by atoms with van der Waals surface area (Å²) in [7, 11) is 0. The van der Waals surface area contributed by atoms with Crippen molar-refractivity contribution in [2.75, 3.05) is 0 Å². The number of nitrogens with zero attached hydrogens (tertiary/aromatic N) is 4. The SMILES string of the molecule is O=[N+]([O-])[O-].O=[N+]([O-])[O-].O=[N+]([O-])[O-].O=[N+]([O-])[O-].[Sr+2].[Sr+2]. The Hall–Kier alpha value is -0.239. The molecule has 0 saturated heterocycles. The molecule has 0 radical (unpaired) electrons. The molecule has 0 aliphatic heterocycles. The van der Waals surface area contributed by atoms with Crippen LogP contribution < -0.4 is 0 Å². The Morgan fingerprint density at radius 3 is 0.389 bits per heavy atom. The van der Waals surface area contributed by atoms with Crippen molar-refractivity contribution in [2.24, 2.45) is 0 Å². The van der Waals surface area contributed by atoms with Gasteiger partial charge in [-0.3, -0.25) is 0 Å². The van der Waals surface area contributed by atoms with Gasteiger partial charge in [0.05, 0.1) is 20.3 Å². The Balaban J connectivity index is -0.0000000257. The van der Waals surface area contributed by atoms with Crippen molar-refractivity contribution in [1.29, 1.82) is 0 Å². The Labute approximate surface area is 170 Å². The molecule has 0 N–H and O–H groups in total. The van der Waals surface area contributed by atoms with Crippen molar-refractivity contribution in [3.05, 3.63) is 61.3 Å². The summed E-state index contributed by atoms with van der Waals surface area (Å²) >= 11 is 0. The molecule has 0 heterocycles. The molecule has 96 valence electrons. The topological polar surface area (TPSA) is 265 Å². The van der Waals surface area contributed by atoms with Gasteiger partial charge in [0.15, 0.2) is 0 Å². The number of hydrogen-bond acceptors (Lipinski definition) is 12. The fraction of sp³-hybridized carbons (Fsp3) is 0. The first-order valence-corrected chi connectivity index (χ1v) is 2.19. The summed E-state index contributed by atoms with van der Waals surface area (Å²) in [6.07, 6.45) is 0. The zero-order valence-electron chi connectivity index (χ0n) is 8.10. The van der Waals surface area contributed by atoms with Gasteiger partial charge in [-0.1, -0.05) is 0 Å². The maximum Gasteiger partial charge on any atom is 2.00 e. The van der Waals surface area contributed by atoms with Crippen LogP contribution in [0, 0.1) is 61.3 Å². The van der Waals surface area contributed by atoms with Gasteiger partial charge in [-0.05, 0) is 0 Å². The molecule has 0 aromatic rings. The van der Waals surface area contributed by atoms with Crippen molar-refractivity contribution in [3.63, 3.8) is 0 Å². The van der Waals surface area contributed by atoms with E-state index in [4.69, 9.17) is 61.3 Å². The third kappa shape index (κ3) is 60100. The fourth-order valence-electron chi connectivity index (χ4n) is 0. The molecule has 18 heteroatoms. The molecule has 0 fully saturated rings. The minimum Gasteiger partial charge on any atom is -0.356 e. The summed E-state index contributed by atoms with van der Waals surface area (Å²) in [5.74, 6) is 0. The van der Waals surface area contributed by atoms with E-state index in [2.05, 4.69) is 0 Å². The van der Waals surface area contributed by atoms with E-state index < -0.39 is 20.3 Å². The van der Waals surface area contributed by atoms with Gasteiger partial charge in [0.1, 0.15) is 0 Å². The van der Waals surface area contributed by atoms with Gasteiger partial charge in [-0.25, -0.2) is 0 Å². The van der Waals surface area contributed by atoms with Crippen LogP contribution in [0.4, 0.5) is 0 Å². The van der Waals surface area contributed by atoms with Crippen LogP contribution >= 0.6 is 0 Å². The average molecular weight is 423 g/mol. The molecule has 0 rings (SSSR count). The molecule has 18 heavy (non-hydrogen) atoms. The minimum absolute atomic E-state index is 0. The van der Waals surface area contributed by atoms with Crippen LogP contribution in [0.3, 0.4) is 0 Å². The summed E-state index contributed by atoms with van der Waals surface area (Å²) in [5.41, 5.74) is 0. The molecule has 0 bridgehead atoms. The summed E-state index contributed by atoms with van der Waals surface area (Å²) in [4.78, 5) is 33.0. The van der Waals surface area contributed by atoms with E-state index in [-0.39, 0.29) is 91.0 Å². The molecule has 0 unspecified atom stereocenters. The molecule has 0 aliphatic carbocycles. The summed E-state index contributed by atoms with van der Waals surface area (Å²) in [6.45, 7) is 0. The van der Waals surface area contributed by atoms with Gasteiger partial charge in [0, 0.05) is 0 Å². The predicted molar refractivity (Wildman–Crippen MR) is 53.0 cm³/mol. The Morgan fingerprint density at radius 1 is 0.389 bits per heavy atom. The third-order valence-electron chi connectivity index (χ3n) is 0. The summed E-state index contributed by atoms with van der Waals surface area (Å²) in [6, 6.07) is 0. The van der Waals surface area contributed by atoms with E-state index in [0.717, 1.165) is 0 Å². The predicted octanol–water partition coefficient (Wildman–Crippen LogP) is -1.72. The van der Waals surface area contributed by atoms with Crippen molar-refractivity contribution in [3.8, 4) is 0 Å². The molecular weight excluding hydrogens is 423 g/mol. The largest absolute Gasteiger partial charge is 2.00 e. The van der Waals surface area contributed by atoms with Gasteiger partial charge in [-0.15, -0.1) is 0 Å². The smallest absolute Gasteiger partial charge is 0.356 e. The van der Waals surface area contributed by atoms with Crippen LogP contribution in [0.15, 0.2) is 0 Å². The standard InChI is InChI=1S/4NO3.2Sr/c4*2-1(3)4;;/q4*-1;2*+2. The quantitative estimate of drug-likeness (QED) is 0.239. The van der Waals surface area contributed by atoms with Crippen LogP contribution in [0.25, 0.3) is 0 Å². The molecule has 0 aromatic heterocycles. The van der Waals surface area contributed by atoms with Gasteiger partial charge < -0.3 is 61.3 Å². The molecule has 0 saturated carbocycles. The first-order valence-electron chi connectivity index (χ1n) is 2.19. The molecule has 0 aliphatic rings. The molecular formula is N4O12Sr2. The second kappa shape index (κ2) is 30.1. The van der Waals surface area contributed by atoms with E-state index in [9.17, 15) is 0 Å². The zero-order chi connectivity index (χ0) is 14.3. The molecule has 0 amide bonds. The second-order valence-electron chi connectivity index (χ2n) is 0.894. The average Bonchev–Trinajstić information content (AvgIpc) is 1.76. The van der Waals surface area contributed by atoms with E-state index in [1.807, 2.05) is 0 Å². The Morgan fingerprint density at radius 2 is 0.389 bits per heavy atom. The van der Waals surface area contributed by atoms with Crippen LogP contribution in [-0.4, -0.2) is 111 Å². The van der Waals surface area contributed by atoms with E-state index in [1.54, 1.807) is 0 Å². The maximum atomic E-state index is 8.25. The molecule has 0 atom stereocenters. The van der Waals surface area contributed by atoms with Crippen molar-refractivity contribution >= 4 is 91.0 Å². The number of rotatable bonds is 0. The van der Waals surface area contributed by atoms with Crippen LogP contribution in [0.2, 0.25) is 0 Å². The first kappa shape index (κ1) is 36.1. The van der Waals surface area contributed by atoms with Crippen molar-refractivity contribution < 1.29 is 20.3 Å². The van der Waals surface area contributed by atoms with E-state index >= 15 is 0 Å². The zero-order valence-corrected chi connectivity index (χ0v) is 15.1. The van der Waals surface area contributed by atoms with Gasteiger partial charge >= 0.3 is 91.0 Å². The fourth-order valence-corrected chi connectivity index (χ4v) is 0. The van der Waals surface area contributed by atoms with Crippen LogP contribution in [0.1, 0.15) is 0 Å². The Bertz CT molecular complexity index is 162. The van der Waals surface area contributed by atoms with Gasteiger partial charge in [0.25, 0.3) is 0 Å². The van der Waals surface area contributed by atoms with E-state index in [1.165, 1.54) is 0 Å². The second-order valence-corrected chi connectivity index (χ2v) is 0.894. The Kier molecular flexibility index (Phi) is 60.3. The summed E-state index contributed by atoms with van der Waals surface area (Å²) < 4.78 is 0. The van der Waals surface area contributed by atoms with Crippen LogP contribution in [-0.2, 0) is 0 Å². The summed E-state index contributed by atoms with van der Waals surface area (Å²) in [5, 5.41) is 59.0. The van der Waals surface area contributed by atoms with E-state index in [0.29, 0.717) is 0 Å². The molecule has 0 spiro atoms. The molecule has 16 nitrogen and oxygen atoms in total. The first-order chi connectivity index (χ1) is 6.93. The third-order valence-corrected chi connectivity index (χ3v) is 0. The monoisotopic (exact) mass is 424 g/mol. The van der Waals surface area contributed by atoms with Crippen molar-refractivity contribution in [1.82, 2.24) is 0 Å². The van der Waals surface area contributed by atoms with Crippen LogP contribution in [0.5, 0.6) is 0 Å². The number of hydrogen-bond donors (Lipinski definition) is 0. The normalized spacial score (nSPS) is 5.33. The van der Waals surface area contributed by atoms with Gasteiger partial charge in [-0.2, -0.15) is 0 Å². The van der Waals surface area contributed by atoms with Crippen molar-refractivity contribution in [2.45, 2.75) is 0 Å². The maximum absolute atomic E-state index is 8.25. The minimum atomic E-state index is -1.75.